The van der Waals surface area contributed by atoms with Crippen molar-refractivity contribution in [1.29, 1.82) is 0 Å². The SMILES string of the molecule is O=C(CCc1ccccc1)N[C@@H]1C=CS(=O)(=O)C1. The zero-order valence-electron chi connectivity index (χ0n) is 9.87. The van der Waals surface area contributed by atoms with Gasteiger partial charge in [0.2, 0.25) is 5.91 Å². The average molecular weight is 265 g/mol. The van der Waals surface area contributed by atoms with Gasteiger partial charge in [-0.3, -0.25) is 4.79 Å². The molecule has 1 heterocycles. The molecule has 1 aliphatic rings. The third kappa shape index (κ3) is 3.70. The van der Waals surface area contributed by atoms with E-state index >= 15 is 0 Å². The molecule has 18 heavy (non-hydrogen) atoms. The Bertz CT molecular complexity index is 549. The lowest BCUT2D eigenvalue weighted by molar-refractivity contribution is -0.121. The van der Waals surface area contributed by atoms with Crippen LogP contribution in [0.2, 0.25) is 0 Å². The molecule has 96 valence electrons. The van der Waals surface area contributed by atoms with Gasteiger partial charge in [-0.15, -0.1) is 0 Å². The number of nitrogens with one attached hydrogen (secondary N) is 1. The Morgan fingerprint density at radius 1 is 1.28 bits per heavy atom. The summed E-state index contributed by atoms with van der Waals surface area (Å²) < 4.78 is 22.3. The van der Waals surface area contributed by atoms with Gasteiger partial charge in [-0.05, 0) is 18.1 Å². The zero-order valence-corrected chi connectivity index (χ0v) is 10.7. The first-order chi connectivity index (χ1) is 8.55. The highest BCUT2D eigenvalue weighted by molar-refractivity contribution is 7.94. The number of sulfone groups is 1. The molecule has 0 aromatic heterocycles. The van der Waals surface area contributed by atoms with Crippen molar-refractivity contribution in [1.82, 2.24) is 5.32 Å². The number of hydrogen-bond donors (Lipinski definition) is 1. The first-order valence-electron chi connectivity index (χ1n) is 5.79. The van der Waals surface area contributed by atoms with Crippen molar-refractivity contribution in [2.75, 3.05) is 5.75 Å². The topological polar surface area (TPSA) is 63.2 Å². The highest BCUT2D eigenvalue weighted by Crippen LogP contribution is 2.08. The average Bonchev–Trinajstić information content (AvgIpc) is 2.67. The Morgan fingerprint density at radius 2 is 2.00 bits per heavy atom. The van der Waals surface area contributed by atoms with E-state index in [1.165, 1.54) is 6.08 Å². The number of hydrogen-bond acceptors (Lipinski definition) is 3. The van der Waals surface area contributed by atoms with E-state index in [2.05, 4.69) is 5.32 Å². The highest BCUT2D eigenvalue weighted by Gasteiger charge is 2.22. The highest BCUT2D eigenvalue weighted by atomic mass is 32.2. The van der Waals surface area contributed by atoms with E-state index in [1.807, 2.05) is 30.3 Å². The van der Waals surface area contributed by atoms with Gasteiger partial charge in [0, 0.05) is 11.8 Å². The second kappa shape index (κ2) is 5.35. The number of aryl methyl sites for hydroxylation is 1. The summed E-state index contributed by atoms with van der Waals surface area (Å²) in [5, 5.41) is 3.86. The van der Waals surface area contributed by atoms with Gasteiger partial charge in [-0.1, -0.05) is 30.3 Å². The fourth-order valence-electron chi connectivity index (χ4n) is 1.85. The van der Waals surface area contributed by atoms with Gasteiger partial charge in [0.15, 0.2) is 9.84 Å². The van der Waals surface area contributed by atoms with E-state index < -0.39 is 9.84 Å². The molecule has 1 amide bonds. The molecule has 0 saturated carbocycles. The van der Waals surface area contributed by atoms with E-state index in [0.29, 0.717) is 12.8 Å². The molecular formula is C13H15NO3S. The number of rotatable bonds is 4. The second-order valence-corrected chi connectivity index (χ2v) is 6.25. The van der Waals surface area contributed by atoms with Crippen LogP contribution in [-0.4, -0.2) is 26.1 Å². The van der Waals surface area contributed by atoms with Crippen LogP contribution >= 0.6 is 0 Å². The summed E-state index contributed by atoms with van der Waals surface area (Å²) in [4.78, 5) is 11.6. The normalized spacial score (nSPS) is 20.8. The van der Waals surface area contributed by atoms with Crippen molar-refractivity contribution in [2.24, 2.45) is 0 Å². The van der Waals surface area contributed by atoms with Gasteiger partial charge in [0.25, 0.3) is 0 Å². The van der Waals surface area contributed by atoms with Crippen LogP contribution in [0, 0.1) is 0 Å². The summed E-state index contributed by atoms with van der Waals surface area (Å²) in [5.41, 5.74) is 1.10. The molecule has 0 spiro atoms. The molecule has 0 radical (unpaired) electrons. The third-order valence-electron chi connectivity index (χ3n) is 2.76. The lowest BCUT2D eigenvalue weighted by Crippen LogP contribution is -2.35. The van der Waals surface area contributed by atoms with E-state index in [0.717, 1.165) is 11.0 Å². The van der Waals surface area contributed by atoms with Crippen LogP contribution in [-0.2, 0) is 21.1 Å². The molecular weight excluding hydrogens is 250 g/mol. The van der Waals surface area contributed by atoms with Gasteiger partial charge in [-0.2, -0.15) is 0 Å². The molecule has 2 rings (SSSR count). The lowest BCUT2D eigenvalue weighted by Gasteiger charge is -2.09. The van der Waals surface area contributed by atoms with Crippen LogP contribution in [0.15, 0.2) is 41.8 Å². The molecule has 1 aliphatic heterocycles. The van der Waals surface area contributed by atoms with Crippen LogP contribution in [0.25, 0.3) is 0 Å². The standard InChI is InChI=1S/C13H15NO3S/c15-13(7-6-11-4-2-1-3-5-11)14-12-8-9-18(16,17)10-12/h1-5,8-9,12H,6-7,10H2,(H,14,15)/t12-/m1/s1. The molecule has 0 bridgehead atoms. The van der Waals surface area contributed by atoms with Crippen molar-refractivity contribution >= 4 is 15.7 Å². The third-order valence-corrected chi connectivity index (χ3v) is 4.16. The minimum atomic E-state index is -3.10. The molecule has 5 heteroatoms. The second-order valence-electron chi connectivity index (χ2n) is 4.32. The van der Waals surface area contributed by atoms with Crippen LogP contribution in [0.5, 0.6) is 0 Å². The largest absolute Gasteiger partial charge is 0.349 e. The minimum absolute atomic E-state index is 0.0237. The van der Waals surface area contributed by atoms with Gasteiger partial charge in [0.05, 0.1) is 11.8 Å². The smallest absolute Gasteiger partial charge is 0.220 e. The Labute approximate surface area is 107 Å². The van der Waals surface area contributed by atoms with E-state index in [-0.39, 0.29) is 17.7 Å². The predicted octanol–water partition coefficient (Wildman–Crippen LogP) is 1.05. The van der Waals surface area contributed by atoms with Crippen molar-refractivity contribution in [3.63, 3.8) is 0 Å². The van der Waals surface area contributed by atoms with Gasteiger partial charge in [0.1, 0.15) is 0 Å². The molecule has 1 aromatic carbocycles. The molecule has 1 N–H and O–H groups in total. The maximum Gasteiger partial charge on any atom is 0.220 e. The van der Waals surface area contributed by atoms with E-state index in [1.54, 1.807) is 0 Å². The van der Waals surface area contributed by atoms with E-state index in [4.69, 9.17) is 0 Å². The van der Waals surface area contributed by atoms with Crippen molar-refractivity contribution < 1.29 is 13.2 Å². The zero-order chi connectivity index (χ0) is 13.0. The first-order valence-corrected chi connectivity index (χ1v) is 7.51. The molecule has 4 nitrogen and oxygen atoms in total. The Hall–Kier alpha value is -1.62. The van der Waals surface area contributed by atoms with Crippen molar-refractivity contribution in [3.8, 4) is 0 Å². The minimum Gasteiger partial charge on any atom is -0.349 e. The summed E-state index contributed by atoms with van der Waals surface area (Å²) in [5.74, 6) is -0.144. The number of carbonyl (C=O) groups excluding carboxylic acids is 1. The fraction of sp³-hybridized carbons (Fsp3) is 0.308. The van der Waals surface area contributed by atoms with Gasteiger partial charge in [-0.25, -0.2) is 8.42 Å². The van der Waals surface area contributed by atoms with Crippen LogP contribution in [0.4, 0.5) is 0 Å². The molecule has 1 atom stereocenters. The molecule has 1 aromatic rings. The van der Waals surface area contributed by atoms with Crippen molar-refractivity contribution in [3.05, 3.63) is 47.4 Å². The van der Waals surface area contributed by atoms with E-state index in [9.17, 15) is 13.2 Å². The van der Waals surface area contributed by atoms with Crippen molar-refractivity contribution in [2.45, 2.75) is 18.9 Å². The number of carbonyl (C=O) groups is 1. The summed E-state index contributed by atoms with van der Waals surface area (Å²) in [6.45, 7) is 0. The molecule has 0 fully saturated rings. The molecule has 0 aliphatic carbocycles. The maximum absolute atomic E-state index is 11.6. The first kappa shape index (κ1) is 12.8. The molecule has 0 unspecified atom stereocenters. The Balaban J connectivity index is 1.79. The van der Waals surface area contributed by atoms with Crippen LogP contribution in [0.3, 0.4) is 0 Å². The monoisotopic (exact) mass is 265 g/mol. The Morgan fingerprint density at radius 3 is 2.61 bits per heavy atom. The van der Waals surface area contributed by atoms with Gasteiger partial charge < -0.3 is 5.32 Å². The molecule has 0 saturated heterocycles. The maximum atomic E-state index is 11.6. The summed E-state index contributed by atoms with van der Waals surface area (Å²) in [7, 11) is -3.10. The fourth-order valence-corrected chi connectivity index (χ4v) is 3.08. The summed E-state index contributed by atoms with van der Waals surface area (Å²) in [6, 6.07) is 9.34. The van der Waals surface area contributed by atoms with Crippen LogP contribution in [0.1, 0.15) is 12.0 Å². The predicted molar refractivity (Wildman–Crippen MR) is 69.6 cm³/mol. The number of benzene rings is 1. The quantitative estimate of drug-likeness (QED) is 0.885. The lowest BCUT2D eigenvalue weighted by atomic mass is 10.1. The number of amides is 1. The summed E-state index contributed by atoms with van der Waals surface area (Å²) in [6.07, 6.45) is 2.56. The van der Waals surface area contributed by atoms with Gasteiger partial charge >= 0.3 is 0 Å². The Kier molecular flexibility index (Phi) is 3.81. The van der Waals surface area contributed by atoms with Crippen LogP contribution < -0.4 is 5.32 Å². The summed E-state index contributed by atoms with van der Waals surface area (Å²) >= 11 is 0.